The second-order valence-electron chi connectivity index (χ2n) is 7.47. The summed E-state index contributed by atoms with van der Waals surface area (Å²) < 4.78 is 32.4. The van der Waals surface area contributed by atoms with E-state index in [2.05, 4.69) is 10.3 Å². The molecule has 0 saturated carbocycles. The van der Waals surface area contributed by atoms with E-state index in [4.69, 9.17) is 4.74 Å². The molecule has 2 N–H and O–H groups in total. The first-order valence-electron chi connectivity index (χ1n) is 10.1. The molecule has 4 rings (SSSR count). The summed E-state index contributed by atoms with van der Waals surface area (Å²) in [6.45, 7) is 0.0381. The van der Waals surface area contributed by atoms with Gasteiger partial charge in [0.2, 0.25) is 5.95 Å². The summed E-state index contributed by atoms with van der Waals surface area (Å²) in [5.41, 5.74) is 4.20. The van der Waals surface area contributed by atoms with Crippen molar-refractivity contribution in [3.8, 4) is 11.1 Å². The van der Waals surface area contributed by atoms with Gasteiger partial charge in [0.15, 0.2) is 5.82 Å². The molecular formula is C24H20F2N2O4. The van der Waals surface area contributed by atoms with Crippen molar-refractivity contribution in [2.24, 2.45) is 0 Å². The number of alkyl carbamates (subject to hydrolysis) is 1. The number of hydrogen-bond acceptors (Lipinski definition) is 4. The number of hydrogen-bond donors (Lipinski definition) is 2. The number of carbonyl (C=O) groups excluding carboxylic acids is 1. The van der Waals surface area contributed by atoms with E-state index < -0.39 is 29.9 Å². The van der Waals surface area contributed by atoms with Gasteiger partial charge >= 0.3 is 12.1 Å². The molecule has 1 aliphatic rings. The summed E-state index contributed by atoms with van der Waals surface area (Å²) in [4.78, 5) is 27.1. The molecule has 1 atom stereocenters. The van der Waals surface area contributed by atoms with Crippen LogP contribution in [0.2, 0.25) is 0 Å². The van der Waals surface area contributed by atoms with Crippen LogP contribution in [-0.4, -0.2) is 34.8 Å². The van der Waals surface area contributed by atoms with Gasteiger partial charge in [0.1, 0.15) is 12.6 Å². The fourth-order valence-electron chi connectivity index (χ4n) is 3.99. The SMILES string of the molecule is O=C(N[C@@H](CCc1ccnc(F)c1F)C(=O)O)OCC1c2ccccc2-c2ccccc21. The van der Waals surface area contributed by atoms with Crippen LogP contribution in [0, 0.1) is 11.8 Å². The molecule has 0 spiro atoms. The van der Waals surface area contributed by atoms with Crippen molar-refractivity contribution in [2.45, 2.75) is 24.8 Å². The molecule has 1 aromatic heterocycles. The summed E-state index contributed by atoms with van der Waals surface area (Å²) in [6, 6.07) is 15.6. The molecule has 2 aromatic carbocycles. The predicted molar refractivity (Wildman–Crippen MR) is 112 cm³/mol. The maximum Gasteiger partial charge on any atom is 0.407 e. The molecule has 3 aromatic rings. The highest BCUT2D eigenvalue weighted by molar-refractivity contribution is 5.81. The smallest absolute Gasteiger partial charge is 0.407 e. The Hall–Kier alpha value is -3.81. The third-order valence-corrected chi connectivity index (χ3v) is 5.56. The first-order chi connectivity index (χ1) is 15.5. The van der Waals surface area contributed by atoms with Gasteiger partial charge in [-0.15, -0.1) is 0 Å². The van der Waals surface area contributed by atoms with Gasteiger partial charge in [0, 0.05) is 12.1 Å². The van der Waals surface area contributed by atoms with Crippen LogP contribution in [0.5, 0.6) is 0 Å². The van der Waals surface area contributed by atoms with Crippen molar-refractivity contribution in [3.63, 3.8) is 0 Å². The number of pyridine rings is 1. The number of carbonyl (C=O) groups is 2. The van der Waals surface area contributed by atoms with E-state index in [9.17, 15) is 23.5 Å². The van der Waals surface area contributed by atoms with Gasteiger partial charge in [0.05, 0.1) is 0 Å². The largest absolute Gasteiger partial charge is 0.480 e. The minimum absolute atomic E-state index is 0.0157. The quantitative estimate of drug-likeness (QED) is 0.538. The molecule has 164 valence electrons. The zero-order valence-electron chi connectivity index (χ0n) is 16.9. The van der Waals surface area contributed by atoms with Crippen LogP contribution in [0.4, 0.5) is 13.6 Å². The van der Waals surface area contributed by atoms with E-state index in [0.29, 0.717) is 0 Å². The fourth-order valence-corrected chi connectivity index (χ4v) is 3.99. The maximum atomic E-state index is 13.8. The van der Waals surface area contributed by atoms with E-state index in [1.165, 1.54) is 6.07 Å². The minimum atomic E-state index is -1.32. The molecule has 0 unspecified atom stereocenters. The highest BCUT2D eigenvalue weighted by Crippen LogP contribution is 2.44. The lowest BCUT2D eigenvalue weighted by molar-refractivity contribution is -0.139. The van der Waals surface area contributed by atoms with Crippen molar-refractivity contribution >= 4 is 12.1 Å². The number of carboxylic acids is 1. The summed E-state index contributed by atoms with van der Waals surface area (Å²) in [6.07, 6.45) is -0.0190. The number of nitrogens with one attached hydrogen (secondary N) is 1. The van der Waals surface area contributed by atoms with Crippen LogP contribution in [0.15, 0.2) is 60.8 Å². The van der Waals surface area contributed by atoms with Gasteiger partial charge in [-0.3, -0.25) is 0 Å². The Labute approximate surface area is 182 Å². The highest BCUT2D eigenvalue weighted by atomic mass is 19.2. The van der Waals surface area contributed by atoms with E-state index in [1.54, 1.807) is 0 Å². The molecule has 1 amide bonds. The van der Waals surface area contributed by atoms with Crippen LogP contribution in [0.3, 0.4) is 0 Å². The zero-order valence-corrected chi connectivity index (χ0v) is 16.9. The number of aliphatic carboxylic acids is 1. The van der Waals surface area contributed by atoms with E-state index in [-0.39, 0.29) is 30.9 Å². The molecular weight excluding hydrogens is 418 g/mol. The molecule has 0 fully saturated rings. The molecule has 1 heterocycles. The summed E-state index contributed by atoms with van der Waals surface area (Å²) in [5, 5.41) is 11.7. The number of ether oxygens (including phenoxy) is 1. The Balaban J connectivity index is 1.39. The van der Waals surface area contributed by atoms with Gasteiger partial charge in [-0.1, -0.05) is 48.5 Å². The Morgan fingerprint density at radius 2 is 1.66 bits per heavy atom. The topological polar surface area (TPSA) is 88.5 Å². The number of aromatic nitrogens is 1. The van der Waals surface area contributed by atoms with Crippen LogP contribution in [-0.2, 0) is 16.0 Å². The fraction of sp³-hybridized carbons (Fsp3) is 0.208. The first-order valence-corrected chi connectivity index (χ1v) is 10.1. The summed E-state index contributed by atoms with van der Waals surface area (Å²) in [5.74, 6) is -3.84. The number of halogens is 2. The predicted octanol–water partition coefficient (Wildman–Crippen LogP) is 4.28. The third kappa shape index (κ3) is 4.30. The van der Waals surface area contributed by atoms with Crippen molar-refractivity contribution in [1.29, 1.82) is 0 Å². The van der Waals surface area contributed by atoms with E-state index >= 15 is 0 Å². The molecule has 0 saturated heterocycles. The lowest BCUT2D eigenvalue weighted by Gasteiger charge is -2.17. The lowest BCUT2D eigenvalue weighted by Crippen LogP contribution is -2.41. The second kappa shape index (κ2) is 9.13. The van der Waals surface area contributed by atoms with Crippen LogP contribution in [0.1, 0.15) is 29.0 Å². The number of rotatable bonds is 7. The van der Waals surface area contributed by atoms with Crippen LogP contribution < -0.4 is 5.32 Å². The van der Waals surface area contributed by atoms with Gasteiger partial charge < -0.3 is 15.2 Å². The Morgan fingerprint density at radius 1 is 1.03 bits per heavy atom. The van der Waals surface area contributed by atoms with Crippen LogP contribution in [0.25, 0.3) is 11.1 Å². The maximum absolute atomic E-state index is 13.8. The Bertz CT molecular complexity index is 1120. The molecule has 32 heavy (non-hydrogen) atoms. The van der Waals surface area contributed by atoms with Crippen molar-refractivity contribution in [2.75, 3.05) is 6.61 Å². The Morgan fingerprint density at radius 3 is 2.28 bits per heavy atom. The van der Waals surface area contributed by atoms with Gasteiger partial charge in [-0.2, -0.15) is 4.39 Å². The molecule has 0 radical (unpaired) electrons. The average molecular weight is 438 g/mol. The number of fused-ring (bicyclic) bond motifs is 3. The second-order valence-corrected chi connectivity index (χ2v) is 7.47. The normalized spacial score (nSPS) is 13.2. The third-order valence-electron chi connectivity index (χ3n) is 5.56. The van der Waals surface area contributed by atoms with E-state index in [1.807, 2.05) is 48.5 Å². The van der Waals surface area contributed by atoms with Gasteiger partial charge in [-0.05, 0) is 46.7 Å². The minimum Gasteiger partial charge on any atom is -0.480 e. The van der Waals surface area contributed by atoms with Crippen molar-refractivity contribution in [3.05, 3.63) is 89.2 Å². The standard InChI is InChI=1S/C24H20F2N2O4/c25-21-14(11-12-27-22(21)26)9-10-20(23(29)30)28-24(31)32-13-19-17-7-3-1-5-15(17)16-6-2-4-8-18(16)19/h1-8,11-12,19-20H,9-10,13H2,(H,28,31)(H,29,30)/t20-/m0/s1. The molecule has 0 aliphatic heterocycles. The first kappa shape index (κ1) is 21.4. The van der Waals surface area contributed by atoms with Crippen molar-refractivity contribution < 1.29 is 28.2 Å². The zero-order chi connectivity index (χ0) is 22.7. The molecule has 1 aliphatic carbocycles. The summed E-state index contributed by atoms with van der Waals surface area (Å²) >= 11 is 0. The number of benzene rings is 2. The average Bonchev–Trinajstić information content (AvgIpc) is 3.11. The highest BCUT2D eigenvalue weighted by Gasteiger charge is 2.29. The van der Waals surface area contributed by atoms with E-state index in [0.717, 1.165) is 28.5 Å². The number of aryl methyl sites for hydroxylation is 1. The van der Waals surface area contributed by atoms with Crippen molar-refractivity contribution in [1.82, 2.24) is 10.3 Å². The molecule has 6 nitrogen and oxygen atoms in total. The Kier molecular flexibility index (Phi) is 6.11. The number of nitrogens with zero attached hydrogens (tertiary/aromatic N) is 1. The lowest BCUT2D eigenvalue weighted by atomic mass is 9.98. The number of amides is 1. The molecule has 8 heteroatoms. The van der Waals surface area contributed by atoms with Crippen LogP contribution >= 0.6 is 0 Å². The number of carboxylic acid groups (broad SMARTS) is 1. The summed E-state index contributed by atoms with van der Waals surface area (Å²) in [7, 11) is 0. The monoisotopic (exact) mass is 438 g/mol. The van der Waals surface area contributed by atoms with Gasteiger partial charge in [0.25, 0.3) is 0 Å². The van der Waals surface area contributed by atoms with Gasteiger partial charge in [-0.25, -0.2) is 19.0 Å². The molecule has 0 bridgehead atoms.